The molecule has 7 heteroatoms. The number of amides is 2. The van der Waals surface area contributed by atoms with Crippen LogP contribution in [0.15, 0.2) is 0 Å². The van der Waals surface area contributed by atoms with Gasteiger partial charge in [0, 0.05) is 19.4 Å². The summed E-state index contributed by atoms with van der Waals surface area (Å²) in [5.74, 6) is -0.163. The lowest BCUT2D eigenvalue weighted by Crippen LogP contribution is -2.36. The van der Waals surface area contributed by atoms with E-state index < -0.39 is 0 Å². The summed E-state index contributed by atoms with van der Waals surface area (Å²) in [6.07, 6.45) is 6.68. The summed E-state index contributed by atoms with van der Waals surface area (Å²) in [4.78, 5) is 30.7. The Kier molecular flexibility index (Phi) is 26.2. The Bertz CT molecular complexity index is 330. The van der Waals surface area contributed by atoms with Crippen molar-refractivity contribution >= 4 is 17.8 Å². The van der Waals surface area contributed by atoms with Crippen LogP contribution >= 0.6 is 0 Å². The Morgan fingerprint density at radius 3 is 1.85 bits per heavy atom. The standard InChI is InChI=1S/C5H10N2O.C5H9NO.C4H8O2.C3H8.C2H6/c6-5(8)4-2-1-3-7-4;7-5-3-1-2-4-6-5;1-3-4(5)6-2;1-3-2;1-2/h4,7H,1-3H2,(H2,6,8);1-4H2,(H,6,7);3H2,1-2H3;3H2,1-2H3;1-2H3/t4-;;;;/m0..../s1. The van der Waals surface area contributed by atoms with Gasteiger partial charge in [0.25, 0.3) is 0 Å². The lowest BCUT2D eigenvalue weighted by atomic mass is 10.2. The molecule has 4 N–H and O–H groups in total. The van der Waals surface area contributed by atoms with Gasteiger partial charge in [-0.1, -0.05) is 41.0 Å². The van der Waals surface area contributed by atoms with E-state index in [0.29, 0.717) is 6.42 Å². The maximum atomic E-state index is 10.4. The molecule has 26 heavy (non-hydrogen) atoms. The van der Waals surface area contributed by atoms with Crippen LogP contribution in [0.2, 0.25) is 0 Å². The zero-order chi connectivity index (χ0) is 20.8. The van der Waals surface area contributed by atoms with Crippen LogP contribution in [0.1, 0.15) is 79.6 Å². The van der Waals surface area contributed by atoms with E-state index in [1.165, 1.54) is 13.5 Å². The van der Waals surface area contributed by atoms with Crippen molar-refractivity contribution in [1.82, 2.24) is 10.6 Å². The highest BCUT2D eigenvalue weighted by molar-refractivity contribution is 5.80. The number of methoxy groups -OCH3 is 1. The number of nitrogens with one attached hydrogen (secondary N) is 2. The maximum absolute atomic E-state index is 10.4. The highest BCUT2D eigenvalue weighted by Crippen LogP contribution is 2.02. The first-order valence-electron chi connectivity index (χ1n) is 9.78. The van der Waals surface area contributed by atoms with Gasteiger partial charge in [-0.05, 0) is 32.2 Å². The largest absolute Gasteiger partial charge is 0.469 e. The van der Waals surface area contributed by atoms with Gasteiger partial charge in [0.1, 0.15) is 0 Å². The SMILES string of the molecule is CC.CCC.CCC(=O)OC.NC(=O)[C@@H]1CCCN1.O=C1CCCCN1. The van der Waals surface area contributed by atoms with Gasteiger partial charge < -0.3 is 21.1 Å². The highest BCUT2D eigenvalue weighted by Gasteiger charge is 2.18. The van der Waals surface area contributed by atoms with E-state index in [-0.39, 0.29) is 23.8 Å². The Morgan fingerprint density at radius 1 is 1.12 bits per heavy atom. The number of ether oxygens (including phenoxy) is 1. The molecule has 2 heterocycles. The lowest BCUT2D eigenvalue weighted by molar-refractivity contribution is -0.140. The second-order valence-electron chi connectivity index (χ2n) is 5.50. The second kappa shape index (κ2) is 23.4. The van der Waals surface area contributed by atoms with Gasteiger partial charge in [0.05, 0.1) is 13.2 Å². The molecule has 2 saturated heterocycles. The molecule has 0 aromatic heterocycles. The molecule has 2 aliphatic rings. The fourth-order valence-corrected chi connectivity index (χ4v) is 1.80. The number of primary amides is 1. The average molecular weight is 376 g/mol. The summed E-state index contributed by atoms with van der Waals surface area (Å²) < 4.78 is 4.26. The number of hydrogen-bond acceptors (Lipinski definition) is 5. The minimum Gasteiger partial charge on any atom is -0.469 e. The van der Waals surface area contributed by atoms with Gasteiger partial charge >= 0.3 is 5.97 Å². The number of hydrogen-bond donors (Lipinski definition) is 3. The van der Waals surface area contributed by atoms with Crippen molar-refractivity contribution in [2.24, 2.45) is 5.73 Å². The van der Waals surface area contributed by atoms with E-state index in [2.05, 4.69) is 29.2 Å². The van der Waals surface area contributed by atoms with E-state index in [9.17, 15) is 14.4 Å². The molecule has 2 fully saturated rings. The predicted molar refractivity (Wildman–Crippen MR) is 107 cm³/mol. The van der Waals surface area contributed by atoms with Crippen LogP contribution in [-0.4, -0.2) is 44.0 Å². The number of carbonyl (C=O) groups is 3. The molecule has 156 valence electrons. The molecule has 0 spiro atoms. The van der Waals surface area contributed by atoms with Crippen LogP contribution in [0, 0.1) is 0 Å². The molecule has 7 nitrogen and oxygen atoms in total. The zero-order valence-electron chi connectivity index (χ0n) is 17.7. The van der Waals surface area contributed by atoms with Gasteiger partial charge in [-0.3, -0.25) is 14.4 Å². The molecule has 0 bridgehead atoms. The molecule has 0 aromatic rings. The zero-order valence-corrected chi connectivity index (χ0v) is 17.7. The molecule has 0 aromatic carbocycles. The normalized spacial score (nSPS) is 17.2. The van der Waals surface area contributed by atoms with Crippen molar-refractivity contribution in [2.75, 3.05) is 20.2 Å². The van der Waals surface area contributed by atoms with Gasteiger partial charge in [-0.15, -0.1) is 0 Å². The van der Waals surface area contributed by atoms with Crippen LogP contribution in [0.4, 0.5) is 0 Å². The molecule has 2 rings (SSSR count). The smallest absolute Gasteiger partial charge is 0.305 e. The average Bonchev–Trinajstić information content (AvgIpc) is 3.20. The molecular formula is C19H41N3O4. The van der Waals surface area contributed by atoms with Gasteiger partial charge in [-0.25, -0.2) is 0 Å². The summed E-state index contributed by atoms with van der Waals surface area (Å²) in [7, 11) is 1.38. The summed E-state index contributed by atoms with van der Waals surface area (Å²) in [5, 5.41) is 5.72. The Morgan fingerprint density at radius 2 is 1.69 bits per heavy atom. The topological polar surface area (TPSA) is 111 Å². The number of nitrogens with two attached hydrogens (primary N) is 1. The van der Waals surface area contributed by atoms with Crippen molar-refractivity contribution in [3.8, 4) is 0 Å². The fraction of sp³-hybridized carbons (Fsp3) is 0.842. The number of rotatable bonds is 2. The number of esters is 1. The Labute approximate surface area is 159 Å². The number of carbonyl (C=O) groups excluding carboxylic acids is 3. The molecule has 2 aliphatic heterocycles. The first-order chi connectivity index (χ1) is 12.4. The first-order valence-corrected chi connectivity index (χ1v) is 9.78. The molecule has 1 atom stereocenters. The second-order valence-corrected chi connectivity index (χ2v) is 5.50. The van der Waals surface area contributed by atoms with E-state index in [1.54, 1.807) is 6.92 Å². The van der Waals surface area contributed by atoms with Gasteiger partial charge in [-0.2, -0.15) is 0 Å². The van der Waals surface area contributed by atoms with E-state index in [1.807, 2.05) is 13.8 Å². The highest BCUT2D eigenvalue weighted by atomic mass is 16.5. The quantitative estimate of drug-likeness (QED) is 0.642. The third kappa shape index (κ3) is 22.4. The van der Waals surface area contributed by atoms with Crippen molar-refractivity contribution < 1.29 is 19.1 Å². The van der Waals surface area contributed by atoms with E-state index >= 15 is 0 Å². The minimum absolute atomic E-state index is 0.0463. The Hall–Kier alpha value is -1.63. The predicted octanol–water partition coefficient (Wildman–Crippen LogP) is 2.52. The van der Waals surface area contributed by atoms with Crippen LogP contribution < -0.4 is 16.4 Å². The molecule has 0 aliphatic carbocycles. The van der Waals surface area contributed by atoms with Crippen LogP contribution in [-0.2, 0) is 19.1 Å². The van der Waals surface area contributed by atoms with E-state index in [0.717, 1.165) is 45.2 Å². The van der Waals surface area contributed by atoms with Crippen molar-refractivity contribution in [2.45, 2.75) is 85.6 Å². The van der Waals surface area contributed by atoms with Gasteiger partial charge in [0.15, 0.2) is 0 Å². The maximum Gasteiger partial charge on any atom is 0.305 e. The summed E-state index contributed by atoms with van der Waals surface area (Å²) in [6.45, 7) is 11.8. The number of piperidine rings is 1. The third-order valence-corrected chi connectivity index (χ3v) is 3.07. The lowest BCUT2D eigenvalue weighted by Gasteiger charge is -2.08. The van der Waals surface area contributed by atoms with E-state index in [4.69, 9.17) is 5.73 Å². The third-order valence-electron chi connectivity index (χ3n) is 3.07. The molecule has 2 amide bonds. The fourth-order valence-electron chi connectivity index (χ4n) is 1.80. The first kappa shape index (κ1) is 29.1. The van der Waals surface area contributed by atoms with Crippen LogP contribution in [0.25, 0.3) is 0 Å². The summed E-state index contributed by atoms with van der Waals surface area (Å²) in [5.41, 5.74) is 5.00. The minimum atomic E-state index is -0.220. The summed E-state index contributed by atoms with van der Waals surface area (Å²) in [6, 6.07) is -0.0463. The summed E-state index contributed by atoms with van der Waals surface area (Å²) >= 11 is 0. The molecule has 0 radical (unpaired) electrons. The van der Waals surface area contributed by atoms with Crippen molar-refractivity contribution in [1.29, 1.82) is 0 Å². The van der Waals surface area contributed by atoms with Crippen LogP contribution in [0.5, 0.6) is 0 Å². The van der Waals surface area contributed by atoms with Gasteiger partial charge in [0.2, 0.25) is 11.8 Å². The van der Waals surface area contributed by atoms with Crippen LogP contribution in [0.3, 0.4) is 0 Å². The molecule has 0 saturated carbocycles. The monoisotopic (exact) mass is 375 g/mol. The molecular weight excluding hydrogens is 334 g/mol. The molecule has 0 unspecified atom stereocenters. The van der Waals surface area contributed by atoms with Crippen molar-refractivity contribution in [3.05, 3.63) is 0 Å². The Balaban J connectivity index is -0.000000274. The van der Waals surface area contributed by atoms with Crippen molar-refractivity contribution in [3.63, 3.8) is 0 Å².